The van der Waals surface area contributed by atoms with E-state index in [0.29, 0.717) is 17.0 Å². The van der Waals surface area contributed by atoms with Gasteiger partial charge in [0.05, 0.1) is 11.3 Å². The molecule has 0 unspecified atom stereocenters. The van der Waals surface area contributed by atoms with E-state index in [9.17, 15) is 14.3 Å². The van der Waals surface area contributed by atoms with Crippen LogP contribution in [0.5, 0.6) is 5.75 Å². The van der Waals surface area contributed by atoms with Gasteiger partial charge in [0.1, 0.15) is 36.0 Å². The van der Waals surface area contributed by atoms with Crippen molar-refractivity contribution in [3.05, 3.63) is 59.2 Å². The summed E-state index contributed by atoms with van der Waals surface area (Å²) in [6.07, 6.45) is -0.932. The number of aromatic nitrogens is 1. The quantitative estimate of drug-likeness (QED) is 0.839. The first kappa shape index (κ1) is 17.4. The number of nitrogens with zero attached hydrogens (tertiary/aromatic N) is 2. The minimum absolute atomic E-state index is 0.0270. The van der Waals surface area contributed by atoms with Crippen molar-refractivity contribution in [2.24, 2.45) is 0 Å². The number of nitriles is 1. The first-order valence-corrected chi connectivity index (χ1v) is 7.22. The Morgan fingerprint density at radius 3 is 2.71 bits per heavy atom. The van der Waals surface area contributed by atoms with Crippen LogP contribution < -0.4 is 10.1 Å². The minimum Gasteiger partial charge on any atom is -0.491 e. The van der Waals surface area contributed by atoms with E-state index in [2.05, 4.69) is 10.3 Å². The Hall–Kier alpha value is -2.98. The number of hydrogen-bond acceptors (Lipinski definition) is 5. The number of amides is 1. The van der Waals surface area contributed by atoms with Crippen LogP contribution in [-0.4, -0.2) is 35.3 Å². The van der Waals surface area contributed by atoms with Crippen molar-refractivity contribution in [3.63, 3.8) is 0 Å². The second kappa shape index (κ2) is 8.04. The maximum Gasteiger partial charge on any atom is 0.269 e. The molecule has 1 atom stereocenters. The van der Waals surface area contributed by atoms with Crippen LogP contribution in [-0.2, 0) is 0 Å². The van der Waals surface area contributed by atoms with Gasteiger partial charge in [0.15, 0.2) is 0 Å². The van der Waals surface area contributed by atoms with Crippen molar-refractivity contribution in [1.82, 2.24) is 10.3 Å². The molecule has 0 aliphatic heterocycles. The molecule has 24 heavy (non-hydrogen) atoms. The second-order valence-corrected chi connectivity index (χ2v) is 5.07. The number of benzene rings is 1. The molecule has 0 aliphatic rings. The summed E-state index contributed by atoms with van der Waals surface area (Å²) in [5.74, 6) is -0.407. The van der Waals surface area contributed by atoms with E-state index in [-0.39, 0.29) is 24.7 Å². The first-order chi connectivity index (χ1) is 11.5. The monoisotopic (exact) mass is 329 g/mol. The minimum atomic E-state index is -0.932. The van der Waals surface area contributed by atoms with E-state index < -0.39 is 12.0 Å². The van der Waals surface area contributed by atoms with Gasteiger partial charge < -0.3 is 15.2 Å². The predicted octanol–water partition coefficient (Wildman–Crippen LogP) is 1.57. The molecule has 2 N–H and O–H groups in total. The van der Waals surface area contributed by atoms with Gasteiger partial charge in [-0.1, -0.05) is 0 Å². The van der Waals surface area contributed by atoms with Crippen LogP contribution in [0.15, 0.2) is 36.4 Å². The highest BCUT2D eigenvalue weighted by Gasteiger charge is 2.12. The number of aliphatic hydroxyl groups is 1. The van der Waals surface area contributed by atoms with Crippen molar-refractivity contribution in [2.45, 2.75) is 13.0 Å². The molecule has 0 saturated heterocycles. The van der Waals surface area contributed by atoms with E-state index in [1.807, 2.05) is 6.07 Å². The highest BCUT2D eigenvalue weighted by Crippen LogP contribution is 2.11. The molecule has 1 amide bonds. The molecule has 6 nitrogen and oxygen atoms in total. The molecule has 1 aromatic carbocycles. The third kappa shape index (κ3) is 4.76. The number of aliphatic hydroxyl groups excluding tert-OH is 1. The summed E-state index contributed by atoms with van der Waals surface area (Å²) in [6.45, 7) is 1.56. The SMILES string of the molecule is Cc1nc(C(=O)NC[C@@H](O)COc2ccc(F)cc2)ccc1C#N. The van der Waals surface area contributed by atoms with E-state index in [0.717, 1.165) is 0 Å². The summed E-state index contributed by atoms with van der Waals surface area (Å²) in [7, 11) is 0. The molecular weight excluding hydrogens is 313 g/mol. The fraction of sp³-hybridized carbons (Fsp3) is 0.235. The number of rotatable bonds is 6. The highest BCUT2D eigenvalue weighted by atomic mass is 19.1. The molecule has 0 aliphatic carbocycles. The van der Waals surface area contributed by atoms with Crippen molar-refractivity contribution in [2.75, 3.05) is 13.2 Å². The van der Waals surface area contributed by atoms with Crippen LogP contribution in [0.3, 0.4) is 0 Å². The first-order valence-electron chi connectivity index (χ1n) is 7.22. The number of carbonyl (C=O) groups is 1. The molecular formula is C17H16FN3O3. The number of ether oxygens (including phenoxy) is 1. The molecule has 1 aromatic heterocycles. The van der Waals surface area contributed by atoms with Crippen molar-refractivity contribution >= 4 is 5.91 Å². The van der Waals surface area contributed by atoms with Crippen LogP contribution in [0, 0.1) is 24.1 Å². The summed E-state index contributed by atoms with van der Waals surface area (Å²) < 4.78 is 18.0. The van der Waals surface area contributed by atoms with Gasteiger partial charge in [-0.25, -0.2) is 9.37 Å². The molecule has 2 aromatic rings. The number of aryl methyl sites for hydroxylation is 1. The van der Waals surface area contributed by atoms with Gasteiger partial charge in [0.2, 0.25) is 0 Å². The lowest BCUT2D eigenvalue weighted by molar-refractivity contribution is 0.0839. The number of hydrogen-bond donors (Lipinski definition) is 2. The number of pyridine rings is 1. The smallest absolute Gasteiger partial charge is 0.269 e. The normalized spacial score (nSPS) is 11.4. The van der Waals surface area contributed by atoms with Gasteiger partial charge >= 0.3 is 0 Å². The summed E-state index contributed by atoms with van der Waals surface area (Å²) in [5.41, 5.74) is 1.03. The van der Waals surface area contributed by atoms with Gasteiger partial charge in [0, 0.05) is 6.54 Å². The van der Waals surface area contributed by atoms with Crippen LogP contribution in [0.1, 0.15) is 21.7 Å². The zero-order valence-electron chi connectivity index (χ0n) is 13.0. The van der Waals surface area contributed by atoms with Crippen LogP contribution in [0.25, 0.3) is 0 Å². The summed E-state index contributed by atoms with van der Waals surface area (Å²) in [4.78, 5) is 16.0. The summed E-state index contributed by atoms with van der Waals surface area (Å²) in [6, 6.07) is 10.3. The third-order valence-electron chi connectivity index (χ3n) is 3.19. The number of nitrogens with one attached hydrogen (secondary N) is 1. The molecule has 2 rings (SSSR count). The van der Waals surface area contributed by atoms with Crippen LogP contribution >= 0.6 is 0 Å². The molecule has 0 spiro atoms. The standard InChI is InChI=1S/C17H16FN3O3/c1-11-12(8-19)2-7-16(21-11)17(23)20-9-14(22)10-24-15-5-3-13(18)4-6-15/h2-7,14,22H,9-10H2,1H3,(H,20,23)/t14-/m1/s1. The Kier molecular flexibility index (Phi) is 5.82. The molecule has 0 fully saturated rings. The Bertz CT molecular complexity index is 757. The zero-order chi connectivity index (χ0) is 17.5. The van der Waals surface area contributed by atoms with Gasteiger partial charge in [-0.3, -0.25) is 4.79 Å². The van der Waals surface area contributed by atoms with Crippen molar-refractivity contribution in [1.29, 1.82) is 5.26 Å². The fourth-order valence-corrected chi connectivity index (χ4v) is 1.89. The Morgan fingerprint density at radius 2 is 2.08 bits per heavy atom. The zero-order valence-corrected chi connectivity index (χ0v) is 13.0. The van der Waals surface area contributed by atoms with Gasteiger partial charge in [-0.05, 0) is 43.3 Å². The number of carbonyl (C=O) groups excluding carboxylic acids is 1. The third-order valence-corrected chi connectivity index (χ3v) is 3.19. The molecule has 124 valence electrons. The van der Waals surface area contributed by atoms with Crippen LogP contribution in [0.2, 0.25) is 0 Å². The summed E-state index contributed by atoms with van der Waals surface area (Å²) >= 11 is 0. The van der Waals surface area contributed by atoms with Crippen molar-refractivity contribution < 1.29 is 19.0 Å². The van der Waals surface area contributed by atoms with Gasteiger partial charge in [-0.2, -0.15) is 5.26 Å². The topological polar surface area (TPSA) is 95.2 Å². The Morgan fingerprint density at radius 1 is 1.38 bits per heavy atom. The van der Waals surface area contributed by atoms with Gasteiger partial charge in [0.25, 0.3) is 5.91 Å². The lowest BCUT2D eigenvalue weighted by Crippen LogP contribution is -2.35. The molecule has 0 radical (unpaired) electrons. The Balaban J connectivity index is 1.81. The largest absolute Gasteiger partial charge is 0.491 e. The molecule has 1 heterocycles. The van der Waals surface area contributed by atoms with E-state index in [1.165, 1.54) is 36.4 Å². The van der Waals surface area contributed by atoms with Crippen LogP contribution in [0.4, 0.5) is 4.39 Å². The maximum atomic E-state index is 12.8. The number of halogens is 1. The lowest BCUT2D eigenvalue weighted by Gasteiger charge is -2.13. The maximum absolute atomic E-state index is 12.8. The predicted molar refractivity (Wildman–Crippen MR) is 83.9 cm³/mol. The molecule has 0 saturated carbocycles. The fourth-order valence-electron chi connectivity index (χ4n) is 1.89. The second-order valence-electron chi connectivity index (χ2n) is 5.07. The van der Waals surface area contributed by atoms with E-state index in [1.54, 1.807) is 6.92 Å². The summed E-state index contributed by atoms with van der Waals surface area (Å²) in [5, 5.41) is 21.2. The molecule has 0 bridgehead atoms. The van der Waals surface area contributed by atoms with Gasteiger partial charge in [-0.15, -0.1) is 0 Å². The van der Waals surface area contributed by atoms with E-state index in [4.69, 9.17) is 10.00 Å². The average molecular weight is 329 g/mol. The Labute approximate surface area is 138 Å². The highest BCUT2D eigenvalue weighted by molar-refractivity contribution is 5.92. The van der Waals surface area contributed by atoms with E-state index >= 15 is 0 Å². The average Bonchev–Trinajstić information content (AvgIpc) is 2.59. The molecule has 7 heteroatoms. The lowest BCUT2D eigenvalue weighted by atomic mass is 10.2. The van der Waals surface area contributed by atoms with Crippen molar-refractivity contribution in [3.8, 4) is 11.8 Å².